The zero-order chi connectivity index (χ0) is 8.97. The van der Waals surface area contributed by atoms with Crippen LogP contribution in [-0.4, -0.2) is 29.8 Å². The number of hydrogen-bond acceptors (Lipinski definition) is 1. The van der Waals surface area contributed by atoms with E-state index in [9.17, 15) is 4.79 Å². The molecule has 12 heavy (non-hydrogen) atoms. The van der Waals surface area contributed by atoms with Crippen LogP contribution in [0.25, 0.3) is 0 Å². The van der Waals surface area contributed by atoms with Crippen LogP contribution in [0.2, 0.25) is 0 Å². The monoisotopic (exact) mass is 187 g/mol. The summed E-state index contributed by atoms with van der Waals surface area (Å²) >= 11 is 5.58. The van der Waals surface area contributed by atoms with Crippen molar-refractivity contribution in [2.24, 2.45) is 0 Å². The zero-order valence-electron chi connectivity index (χ0n) is 7.18. The average Bonchev–Trinajstić information content (AvgIpc) is 2.09. The van der Waals surface area contributed by atoms with Crippen LogP contribution in [0, 0.1) is 0 Å². The van der Waals surface area contributed by atoms with Crippen LogP contribution >= 0.6 is 11.6 Å². The van der Waals surface area contributed by atoms with Crippen LogP contribution < -0.4 is 0 Å². The standard InChI is InChI=1S/C9H14ClNO/c1-8(6-10)7-11-5-3-2-4-9(11)12/h1-7H2. The molecule has 1 heterocycles. The van der Waals surface area contributed by atoms with Gasteiger partial charge in [0.05, 0.1) is 0 Å². The zero-order valence-corrected chi connectivity index (χ0v) is 7.94. The highest BCUT2D eigenvalue weighted by Crippen LogP contribution is 2.11. The Hall–Kier alpha value is -0.500. The lowest BCUT2D eigenvalue weighted by atomic mass is 10.1. The maximum absolute atomic E-state index is 11.3. The molecule has 1 amide bonds. The van der Waals surface area contributed by atoms with E-state index < -0.39 is 0 Å². The van der Waals surface area contributed by atoms with Crippen LogP contribution in [-0.2, 0) is 4.79 Å². The second-order valence-electron chi connectivity index (χ2n) is 3.16. The molecule has 0 aromatic heterocycles. The van der Waals surface area contributed by atoms with Crippen molar-refractivity contribution in [3.63, 3.8) is 0 Å². The minimum Gasteiger partial charge on any atom is -0.339 e. The van der Waals surface area contributed by atoms with Gasteiger partial charge in [0.1, 0.15) is 0 Å². The van der Waals surface area contributed by atoms with Crippen LogP contribution in [0.4, 0.5) is 0 Å². The SMILES string of the molecule is C=C(CCl)CN1CCCCC1=O. The first-order chi connectivity index (χ1) is 5.74. The molecule has 3 heteroatoms. The topological polar surface area (TPSA) is 20.3 Å². The van der Waals surface area contributed by atoms with Crippen LogP contribution in [0.5, 0.6) is 0 Å². The van der Waals surface area contributed by atoms with Gasteiger partial charge in [-0.15, -0.1) is 11.6 Å². The van der Waals surface area contributed by atoms with Crippen molar-refractivity contribution in [1.29, 1.82) is 0 Å². The van der Waals surface area contributed by atoms with Gasteiger partial charge in [0, 0.05) is 25.4 Å². The molecule has 1 rings (SSSR count). The molecule has 0 spiro atoms. The predicted octanol–water partition coefficient (Wildman–Crippen LogP) is 1.79. The van der Waals surface area contributed by atoms with Gasteiger partial charge < -0.3 is 4.90 Å². The largest absolute Gasteiger partial charge is 0.339 e. The van der Waals surface area contributed by atoms with Crippen molar-refractivity contribution in [1.82, 2.24) is 4.90 Å². The van der Waals surface area contributed by atoms with E-state index in [-0.39, 0.29) is 5.91 Å². The number of halogens is 1. The lowest BCUT2D eigenvalue weighted by Crippen LogP contribution is -2.36. The van der Waals surface area contributed by atoms with Gasteiger partial charge in [0.25, 0.3) is 0 Å². The fourth-order valence-electron chi connectivity index (χ4n) is 1.34. The molecule has 0 N–H and O–H groups in total. The number of amides is 1. The molecule has 0 unspecified atom stereocenters. The lowest BCUT2D eigenvalue weighted by Gasteiger charge is -2.26. The van der Waals surface area contributed by atoms with Crippen molar-refractivity contribution in [3.8, 4) is 0 Å². The molecular formula is C9H14ClNO. The van der Waals surface area contributed by atoms with Gasteiger partial charge in [-0.1, -0.05) is 6.58 Å². The smallest absolute Gasteiger partial charge is 0.222 e. The van der Waals surface area contributed by atoms with E-state index in [4.69, 9.17) is 11.6 Å². The van der Waals surface area contributed by atoms with E-state index in [2.05, 4.69) is 6.58 Å². The second-order valence-corrected chi connectivity index (χ2v) is 3.42. The van der Waals surface area contributed by atoms with Gasteiger partial charge in [-0.05, 0) is 18.4 Å². The van der Waals surface area contributed by atoms with Crippen LogP contribution in [0.15, 0.2) is 12.2 Å². The molecule has 1 aliphatic heterocycles. The molecule has 0 atom stereocenters. The number of likely N-dealkylation sites (tertiary alicyclic amines) is 1. The van der Waals surface area contributed by atoms with Crippen molar-refractivity contribution >= 4 is 17.5 Å². The highest BCUT2D eigenvalue weighted by Gasteiger charge is 2.17. The van der Waals surface area contributed by atoms with Gasteiger partial charge in [-0.3, -0.25) is 4.79 Å². The highest BCUT2D eigenvalue weighted by molar-refractivity contribution is 6.19. The predicted molar refractivity (Wildman–Crippen MR) is 50.3 cm³/mol. The normalized spacial score (nSPS) is 18.1. The Labute approximate surface area is 78.2 Å². The Balaban J connectivity index is 2.39. The minimum atomic E-state index is 0.243. The fraction of sp³-hybridized carbons (Fsp3) is 0.667. The fourth-order valence-corrected chi connectivity index (χ4v) is 1.43. The molecule has 1 aliphatic rings. The van der Waals surface area contributed by atoms with E-state index in [1.54, 1.807) is 0 Å². The minimum absolute atomic E-state index is 0.243. The van der Waals surface area contributed by atoms with Crippen molar-refractivity contribution in [2.45, 2.75) is 19.3 Å². The summed E-state index contributed by atoms with van der Waals surface area (Å²) in [6.45, 7) is 5.29. The maximum Gasteiger partial charge on any atom is 0.222 e. The summed E-state index contributed by atoms with van der Waals surface area (Å²) in [6.07, 6.45) is 2.83. The first-order valence-corrected chi connectivity index (χ1v) is 4.78. The molecule has 68 valence electrons. The van der Waals surface area contributed by atoms with E-state index in [0.29, 0.717) is 18.8 Å². The Kier molecular flexibility index (Phi) is 3.60. The number of hydrogen-bond donors (Lipinski definition) is 0. The second kappa shape index (κ2) is 4.51. The van der Waals surface area contributed by atoms with Crippen LogP contribution in [0.1, 0.15) is 19.3 Å². The summed E-state index contributed by atoms with van der Waals surface area (Å²) in [5.41, 5.74) is 0.923. The van der Waals surface area contributed by atoms with E-state index in [0.717, 1.165) is 25.0 Å². The first kappa shape index (κ1) is 9.59. The molecule has 0 aliphatic carbocycles. The van der Waals surface area contributed by atoms with Crippen molar-refractivity contribution < 1.29 is 4.79 Å². The quantitative estimate of drug-likeness (QED) is 0.488. The van der Waals surface area contributed by atoms with Gasteiger partial charge in [-0.25, -0.2) is 0 Å². The molecule has 2 nitrogen and oxygen atoms in total. The summed E-state index contributed by atoms with van der Waals surface area (Å²) in [5, 5.41) is 0. The summed E-state index contributed by atoms with van der Waals surface area (Å²) in [5.74, 6) is 0.691. The Morgan fingerprint density at radius 2 is 2.33 bits per heavy atom. The summed E-state index contributed by atoms with van der Waals surface area (Å²) in [7, 11) is 0. The molecule has 0 radical (unpaired) electrons. The Morgan fingerprint density at radius 1 is 1.58 bits per heavy atom. The average molecular weight is 188 g/mol. The molecule has 1 fully saturated rings. The number of alkyl halides is 1. The van der Waals surface area contributed by atoms with E-state index in [1.165, 1.54) is 0 Å². The molecular weight excluding hydrogens is 174 g/mol. The summed E-state index contributed by atoms with van der Waals surface area (Å²) in [6, 6.07) is 0. The van der Waals surface area contributed by atoms with Crippen molar-refractivity contribution in [2.75, 3.05) is 19.0 Å². The molecule has 0 saturated carbocycles. The van der Waals surface area contributed by atoms with Gasteiger partial charge in [-0.2, -0.15) is 0 Å². The number of piperidine rings is 1. The first-order valence-electron chi connectivity index (χ1n) is 4.24. The Bertz CT molecular complexity index is 191. The maximum atomic E-state index is 11.3. The Morgan fingerprint density at radius 3 is 2.92 bits per heavy atom. The molecule has 0 aromatic carbocycles. The van der Waals surface area contributed by atoms with Gasteiger partial charge in [0.15, 0.2) is 0 Å². The van der Waals surface area contributed by atoms with Gasteiger partial charge in [0.2, 0.25) is 5.91 Å². The van der Waals surface area contributed by atoms with E-state index in [1.807, 2.05) is 4.90 Å². The summed E-state index contributed by atoms with van der Waals surface area (Å²) < 4.78 is 0. The number of rotatable bonds is 3. The van der Waals surface area contributed by atoms with E-state index >= 15 is 0 Å². The van der Waals surface area contributed by atoms with Crippen LogP contribution in [0.3, 0.4) is 0 Å². The third-order valence-electron chi connectivity index (χ3n) is 2.02. The van der Waals surface area contributed by atoms with Crippen molar-refractivity contribution in [3.05, 3.63) is 12.2 Å². The third kappa shape index (κ3) is 2.52. The summed E-state index contributed by atoms with van der Waals surface area (Å²) in [4.78, 5) is 13.1. The highest BCUT2D eigenvalue weighted by atomic mass is 35.5. The molecule has 0 aromatic rings. The third-order valence-corrected chi connectivity index (χ3v) is 2.40. The molecule has 0 bridgehead atoms. The number of carbonyl (C=O) groups is 1. The molecule has 1 saturated heterocycles. The number of nitrogens with zero attached hydrogens (tertiary/aromatic N) is 1. The van der Waals surface area contributed by atoms with Gasteiger partial charge >= 0.3 is 0 Å². The lowest BCUT2D eigenvalue weighted by molar-refractivity contribution is -0.132. The number of carbonyl (C=O) groups excluding carboxylic acids is 1.